The fourth-order valence-electron chi connectivity index (χ4n) is 1.42. The number of nitrogens with zero attached hydrogens (tertiary/aromatic N) is 2. The second-order valence-corrected chi connectivity index (χ2v) is 3.34. The summed E-state index contributed by atoms with van der Waals surface area (Å²) in [6.45, 7) is 1.17. The predicted molar refractivity (Wildman–Crippen MR) is 68.7 cm³/mol. The van der Waals surface area contributed by atoms with Gasteiger partial charge in [-0.1, -0.05) is 18.2 Å². The third-order valence-electron chi connectivity index (χ3n) is 2.18. The molecule has 2 rings (SSSR count). The Morgan fingerprint density at radius 2 is 2.25 bits per heavy atom. The molecule has 0 aliphatic carbocycles. The van der Waals surface area contributed by atoms with Gasteiger partial charge in [0.25, 0.3) is 0 Å². The molecule has 0 bridgehead atoms. The minimum Gasteiger partial charge on any atom is -0.366 e. The third-order valence-corrected chi connectivity index (χ3v) is 2.18. The monoisotopic (exact) mass is 280 g/mol. The highest BCUT2D eigenvalue weighted by Crippen LogP contribution is 2.02. The number of carbonyl (C=O) groups excluding carboxylic acids is 1. The van der Waals surface area contributed by atoms with Crippen LogP contribution in [0.25, 0.3) is 0 Å². The summed E-state index contributed by atoms with van der Waals surface area (Å²) in [6.07, 6.45) is 9.47. The van der Waals surface area contributed by atoms with E-state index in [2.05, 4.69) is 4.98 Å². The zero-order valence-corrected chi connectivity index (χ0v) is 10.5. The predicted octanol–water partition coefficient (Wildman–Crippen LogP) is 2.23. The van der Waals surface area contributed by atoms with Gasteiger partial charge in [-0.2, -0.15) is 0 Å². The van der Waals surface area contributed by atoms with Gasteiger partial charge in [0.2, 0.25) is 0 Å². The van der Waals surface area contributed by atoms with Crippen molar-refractivity contribution in [3.63, 3.8) is 0 Å². The molecule has 1 aromatic heterocycles. The van der Waals surface area contributed by atoms with Crippen LogP contribution in [0, 0.1) is 0 Å². The highest BCUT2D eigenvalue weighted by Gasteiger charge is 2.10. The zero-order valence-electron chi connectivity index (χ0n) is 8.74. The number of halogens is 1. The van der Waals surface area contributed by atoms with Crippen molar-refractivity contribution in [1.82, 2.24) is 9.88 Å². The number of pyridine rings is 1. The first-order valence-electron chi connectivity index (χ1n) is 4.88. The van der Waals surface area contributed by atoms with Gasteiger partial charge in [0.15, 0.2) is 5.78 Å². The van der Waals surface area contributed by atoms with E-state index in [1.54, 1.807) is 18.3 Å². The first-order valence-corrected chi connectivity index (χ1v) is 4.88. The van der Waals surface area contributed by atoms with Gasteiger partial charge in [-0.25, -0.2) is 0 Å². The van der Waals surface area contributed by atoms with Crippen LogP contribution in [0.3, 0.4) is 0 Å². The first kappa shape index (κ1) is 12.6. The molecule has 1 aliphatic rings. The molecule has 3 nitrogen and oxygen atoms in total. The highest BCUT2D eigenvalue weighted by atomic mass is 79.9. The molecular weight excluding hydrogens is 268 g/mol. The van der Waals surface area contributed by atoms with E-state index in [0.29, 0.717) is 12.2 Å². The van der Waals surface area contributed by atoms with Crippen LogP contribution in [0.2, 0.25) is 0 Å². The molecule has 1 aliphatic heterocycles. The molecule has 0 unspecified atom stereocenters. The largest absolute Gasteiger partial charge is 0.366 e. The lowest BCUT2D eigenvalue weighted by atomic mass is 10.2. The minimum atomic E-state index is 0. The van der Waals surface area contributed by atoms with Crippen LogP contribution in [0.1, 0.15) is 10.5 Å². The van der Waals surface area contributed by atoms with Gasteiger partial charge in [0.05, 0.1) is 6.54 Å². The van der Waals surface area contributed by atoms with E-state index in [9.17, 15) is 4.79 Å². The number of ketones is 1. The summed E-state index contributed by atoms with van der Waals surface area (Å²) in [7, 11) is 0. The summed E-state index contributed by atoms with van der Waals surface area (Å²) in [5.41, 5.74) is 0.528. The van der Waals surface area contributed by atoms with Gasteiger partial charge in [0, 0.05) is 12.7 Å². The molecule has 84 valence electrons. The van der Waals surface area contributed by atoms with E-state index >= 15 is 0 Å². The molecule has 16 heavy (non-hydrogen) atoms. The Labute approximate surface area is 105 Å². The lowest BCUT2D eigenvalue weighted by Gasteiger charge is -2.18. The summed E-state index contributed by atoms with van der Waals surface area (Å²) in [5, 5.41) is 0. The van der Waals surface area contributed by atoms with Gasteiger partial charge < -0.3 is 4.90 Å². The molecule has 0 radical (unpaired) electrons. The standard InChI is InChI=1S/C12H12N2O.BrH/c15-12(11-6-2-3-7-13-11)10-14-8-4-1-5-9-14;/h1-8H,9-10H2;1H. The lowest BCUT2D eigenvalue weighted by molar-refractivity contribution is 0.0954. The van der Waals surface area contributed by atoms with Crippen molar-refractivity contribution in [2.75, 3.05) is 13.1 Å². The fraction of sp³-hybridized carbons (Fsp3) is 0.167. The average Bonchev–Trinajstić information content (AvgIpc) is 2.31. The van der Waals surface area contributed by atoms with Crippen molar-refractivity contribution in [2.45, 2.75) is 0 Å². The fourth-order valence-corrected chi connectivity index (χ4v) is 1.42. The Hall–Kier alpha value is -1.42. The molecule has 0 fully saturated rings. The highest BCUT2D eigenvalue weighted by molar-refractivity contribution is 8.93. The van der Waals surface area contributed by atoms with Gasteiger partial charge >= 0.3 is 0 Å². The summed E-state index contributed by atoms with van der Waals surface area (Å²) in [5.74, 6) is 0.0514. The van der Waals surface area contributed by atoms with Crippen molar-refractivity contribution >= 4 is 22.8 Å². The van der Waals surface area contributed by atoms with Crippen molar-refractivity contribution in [2.24, 2.45) is 0 Å². The van der Waals surface area contributed by atoms with Crippen molar-refractivity contribution in [1.29, 1.82) is 0 Å². The molecule has 4 heteroatoms. The Morgan fingerprint density at radius 1 is 1.38 bits per heavy atom. The van der Waals surface area contributed by atoms with Crippen molar-refractivity contribution < 1.29 is 4.79 Å². The van der Waals surface area contributed by atoms with Crippen LogP contribution in [0.5, 0.6) is 0 Å². The summed E-state index contributed by atoms with van der Waals surface area (Å²) >= 11 is 0. The van der Waals surface area contributed by atoms with Crippen LogP contribution < -0.4 is 0 Å². The van der Waals surface area contributed by atoms with Gasteiger partial charge in [-0.15, -0.1) is 17.0 Å². The maximum Gasteiger partial charge on any atom is 0.200 e. The average molecular weight is 281 g/mol. The number of carbonyl (C=O) groups is 1. The molecule has 0 spiro atoms. The maximum absolute atomic E-state index is 11.8. The molecular formula is C12H13BrN2O. The second-order valence-electron chi connectivity index (χ2n) is 3.34. The Balaban J connectivity index is 0.00000128. The SMILES string of the molecule is Br.O=C(CN1C=CC=CC1)c1ccccn1. The van der Waals surface area contributed by atoms with Crippen molar-refractivity contribution in [3.05, 3.63) is 54.5 Å². The van der Waals surface area contributed by atoms with E-state index < -0.39 is 0 Å². The summed E-state index contributed by atoms with van der Waals surface area (Å²) in [4.78, 5) is 17.7. The van der Waals surface area contributed by atoms with E-state index in [4.69, 9.17) is 0 Å². The van der Waals surface area contributed by atoms with Crippen molar-refractivity contribution in [3.8, 4) is 0 Å². The molecule has 0 amide bonds. The van der Waals surface area contributed by atoms with E-state index in [1.807, 2.05) is 35.4 Å². The quantitative estimate of drug-likeness (QED) is 0.797. The van der Waals surface area contributed by atoms with E-state index in [0.717, 1.165) is 6.54 Å². The van der Waals surface area contributed by atoms with Crippen LogP contribution >= 0.6 is 17.0 Å². The number of rotatable bonds is 3. The van der Waals surface area contributed by atoms with Crippen LogP contribution in [0.4, 0.5) is 0 Å². The van der Waals surface area contributed by atoms with Crippen LogP contribution in [-0.2, 0) is 0 Å². The summed E-state index contributed by atoms with van der Waals surface area (Å²) < 4.78 is 0. The number of hydrogen-bond acceptors (Lipinski definition) is 3. The second kappa shape index (κ2) is 6.23. The first-order chi connectivity index (χ1) is 7.36. The topological polar surface area (TPSA) is 33.2 Å². The van der Waals surface area contributed by atoms with Gasteiger partial charge in [-0.3, -0.25) is 9.78 Å². The normalized spacial score (nSPS) is 13.4. The minimum absolute atomic E-state index is 0. The van der Waals surface area contributed by atoms with Gasteiger partial charge in [0.1, 0.15) is 5.69 Å². The van der Waals surface area contributed by atoms with Crippen LogP contribution in [0.15, 0.2) is 48.8 Å². The smallest absolute Gasteiger partial charge is 0.200 e. The third kappa shape index (κ3) is 3.31. The number of allylic oxidation sites excluding steroid dienone is 2. The molecule has 0 N–H and O–H groups in total. The van der Waals surface area contributed by atoms with E-state index in [1.165, 1.54) is 0 Å². The number of hydrogen-bond donors (Lipinski definition) is 0. The lowest BCUT2D eigenvalue weighted by Crippen LogP contribution is -2.26. The Morgan fingerprint density at radius 3 is 2.88 bits per heavy atom. The van der Waals surface area contributed by atoms with E-state index in [-0.39, 0.29) is 22.8 Å². The zero-order chi connectivity index (χ0) is 10.5. The number of Topliss-reactive ketones (excluding diaryl/α,β-unsaturated/α-hetero) is 1. The van der Waals surface area contributed by atoms with Gasteiger partial charge in [-0.05, 0) is 24.4 Å². The molecule has 2 heterocycles. The molecule has 0 atom stereocenters. The molecule has 0 aromatic carbocycles. The Kier molecular flexibility index (Phi) is 4.92. The number of aromatic nitrogens is 1. The maximum atomic E-state index is 11.8. The molecule has 1 aromatic rings. The van der Waals surface area contributed by atoms with Crippen LogP contribution in [-0.4, -0.2) is 28.8 Å². The Bertz CT molecular complexity index is 401. The molecule has 0 saturated carbocycles. The summed E-state index contributed by atoms with van der Waals surface area (Å²) in [6, 6.07) is 5.37. The molecule has 0 saturated heterocycles.